The van der Waals surface area contributed by atoms with Gasteiger partial charge in [-0.15, -0.1) is 0 Å². The summed E-state index contributed by atoms with van der Waals surface area (Å²) in [6, 6.07) is 2.84. The molecule has 2 aromatic rings. The molecule has 0 aliphatic carbocycles. The fourth-order valence-corrected chi connectivity index (χ4v) is 1.95. The van der Waals surface area contributed by atoms with Crippen molar-refractivity contribution in [1.29, 1.82) is 0 Å². The van der Waals surface area contributed by atoms with Crippen LogP contribution < -0.4 is 11.1 Å². The third-order valence-corrected chi connectivity index (χ3v) is 3.30. The van der Waals surface area contributed by atoms with E-state index in [1.54, 1.807) is 17.8 Å². The fourth-order valence-electron chi connectivity index (χ4n) is 1.95. The zero-order chi connectivity index (χ0) is 14.9. The second-order valence-corrected chi connectivity index (χ2v) is 4.76. The molecule has 5 nitrogen and oxygen atoms in total. The summed E-state index contributed by atoms with van der Waals surface area (Å²) < 4.78 is 15.6. The number of aromatic nitrogens is 2. The van der Waals surface area contributed by atoms with E-state index in [2.05, 4.69) is 10.4 Å². The van der Waals surface area contributed by atoms with Crippen molar-refractivity contribution in [2.24, 2.45) is 7.05 Å². The topological polar surface area (TPSA) is 72.9 Å². The van der Waals surface area contributed by atoms with Crippen molar-refractivity contribution in [1.82, 2.24) is 15.1 Å². The maximum atomic E-state index is 13.9. The monoisotopic (exact) mass is 276 g/mol. The van der Waals surface area contributed by atoms with E-state index in [-0.39, 0.29) is 5.56 Å². The highest BCUT2D eigenvalue weighted by atomic mass is 19.1. The van der Waals surface area contributed by atoms with Crippen molar-refractivity contribution < 1.29 is 9.18 Å². The second kappa shape index (κ2) is 5.32. The van der Waals surface area contributed by atoms with Crippen LogP contribution in [0.15, 0.2) is 18.3 Å². The molecule has 2 rings (SSSR count). The molecule has 0 atom stereocenters. The summed E-state index contributed by atoms with van der Waals surface area (Å²) in [7, 11) is 1.82. The molecule has 0 spiro atoms. The minimum Gasteiger partial charge on any atom is -0.399 e. The Hall–Kier alpha value is -2.37. The summed E-state index contributed by atoms with van der Waals surface area (Å²) in [6.45, 7) is 3.78. The van der Waals surface area contributed by atoms with E-state index in [9.17, 15) is 9.18 Å². The van der Waals surface area contributed by atoms with Crippen LogP contribution in [0.25, 0.3) is 0 Å². The van der Waals surface area contributed by atoms with Crippen LogP contribution in [0.2, 0.25) is 0 Å². The number of nitrogens with one attached hydrogen (secondary N) is 1. The molecule has 1 heterocycles. The molecule has 106 valence electrons. The lowest BCUT2D eigenvalue weighted by Gasteiger charge is -2.08. The average molecular weight is 276 g/mol. The number of nitrogens with zero attached hydrogens (tertiary/aromatic N) is 2. The summed E-state index contributed by atoms with van der Waals surface area (Å²) in [5, 5.41) is 6.76. The van der Waals surface area contributed by atoms with Crippen molar-refractivity contribution in [3.8, 4) is 0 Å². The molecule has 0 saturated carbocycles. The van der Waals surface area contributed by atoms with Gasteiger partial charge in [0.25, 0.3) is 5.91 Å². The Labute approximate surface area is 116 Å². The Kier molecular flexibility index (Phi) is 3.74. The van der Waals surface area contributed by atoms with Gasteiger partial charge in [-0.25, -0.2) is 4.39 Å². The van der Waals surface area contributed by atoms with E-state index in [0.29, 0.717) is 17.8 Å². The molecule has 0 aliphatic heterocycles. The quantitative estimate of drug-likeness (QED) is 0.838. The first-order valence-electron chi connectivity index (χ1n) is 6.21. The van der Waals surface area contributed by atoms with Crippen LogP contribution in [0.5, 0.6) is 0 Å². The number of nitrogens with two attached hydrogens (primary N) is 1. The van der Waals surface area contributed by atoms with Gasteiger partial charge in [-0.1, -0.05) is 0 Å². The van der Waals surface area contributed by atoms with Crippen LogP contribution >= 0.6 is 0 Å². The van der Waals surface area contributed by atoms with Crippen LogP contribution in [0, 0.1) is 19.7 Å². The van der Waals surface area contributed by atoms with Gasteiger partial charge in [0.2, 0.25) is 0 Å². The lowest BCUT2D eigenvalue weighted by Crippen LogP contribution is -2.24. The van der Waals surface area contributed by atoms with Crippen LogP contribution in [0.3, 0.4) is 0 Å². The molecule has 0 aliphatic rings. The highest BCUT2D eigenvalue weighted by Crippen LogP contribution is 2.17. The molecular weight excluding hydrogens is 259 g/mol. The maximum absolute atomic E-state index is 13.9. The smallest absolute Gasteiger partial charge is 0.254 e. The van der Waals surface area contributed by atoms with Gasteiger partial charge < -0.3 is 11.1 Å². The standard InChI is InChI=1S/C14H17FN4O/c1-8-4-11(16)5-12(13(8)15)14(20)17-6-10-7-18-19(3)9(10)2/h4-5,7H,6,16H2,1-3H3,(H,17,20). The Morgan fingerprint density at radius 1 is 1.45 bits per heavy atom. The molecule has 1 aromatic heterocycles. The van der Waals surface area contributed by atoms with E-state index in [4.69, 9.17) is 5.73 Å². The van der Waals surface area contributed by atoms with Crippen LogP contribution in [-0.2, 0) is 13.6 Å². The zero-order valence-corrected chi connectivity index (χ0v) is 11.7. The fraction of sp³-hybridized carbons (Fsp3) is 0.286. The molecule has 1 amide bonds. The third-order valence-electron chi connectivity index (χ3n) is 3.30. The normalized spacial score (nSPS) is 10.6. The summed E-state index contributed by atoms with van der Waals surface area (Å²) in [6.07, 6.45) is 1.68. The van der Waals surface area contributed by atoms with Gasteiger partial charge >= 0.3 is 0 Å². The lowest BCUT2D eigenvalue weighted by molar-refractivity contribution is 0.0946. The van der Waals surface area contributed by atoms with Gasteiger partial charge in [0.05, 0.1) is 11.8 Å². The molecule has 0 unspecified atom stereocenters. The molecule has 0 radical (unpaired) electrons. The van der Waals surface area contributed by atoms with Crippen LogP contribution in [-0.4, -0.2) is 15.7 Å². The third kappa shape index (κ3) is 2.64. The van der Waals surface area contributed by atoms with Crippen LogP contribution in [0.1, 0.15) is 27.2 Å². The van der Waals surface area contributed by atoms with E-state index >= 15 is 0 Å². The number of anilines is 1. The number of hydrogen-bond acceptors (Lipinski definition) is 3. The number of rotatable bonds is 3. The first kappa shape index (κ1) is 14.0. The molecule has 6 heteroatoms. The van der Waals surface area contributed by atoms with Crippen molar-refractivity contribution in [3.05, 3.63) is 46.5 Å². The molecule has 1 aromatic carbocycles. The summed E-state index contributed by atoms with van der Waals surface area (Å²) in [5.74, 6) is -1.03. The van der Waals surface area contributed by atoms with E-state index in [1.165, 1.54) is 12.1 Å². The van der Waals surface area contributed by atoms with E-state index in [1.807, 2.05) is 14.0 Å². The number of halogens is 1. The average Bonchev–Trinajstić information content (AvgIpc) is 2.71. The number of amides is 1. The Morgan fingerprint density at radius 3 is 2.75 bits per heavy atom. The van der Waals surface area contributed by atoms with Crippen molar-refractivity contribution in [2.45, 2.75) is 20.4 Å². The van der Waals surface area contributed by atoms with Gasteiger partial charge in [-0.2, -0.15) is 5.10 Å². The minimum atomic E-state index is -0.542. The number of carbonyl (C=O) groups is 1. The first-order valence-corrected chi connectivity index (χ1v) is 6.21. The van der Waals surface area contributed by atoms with E-state index in [0.717, 1.165) is 11.3 Å². The van der Waals surface area contributed by atoms with Crippen LogP contribution in [0.4, 0.5) is 10.1 Å². The molecular formula is C14H17FN4O. The van der Waals surface area contributed by atoms with Crippen molar-refractivity contribution >= 4 is 11.6 Å². The van der Waals surface area contributed by atoms with Crippen molar-refractivity contribution in [3.63, 3.8) is 0 Å². The number of hydrogen-bond donors (Lipinski definition) is 2. The first-order chi connectivity index (χ1) is 9.40. The highest BCUT2D eigenvalue weighted by Gasteiger charge is 2.15. The van der Waals surface area contributed by atoms with Gasteiger partial charge in [-0.3, -0.25) is 9.48 Å². The van der Waals surface area contributed by atoms with Gasteiger partial charge in [0.15, 0.2) is 0 Å². The largest absolute Gasteiger partial charge is 0.399 e. The van der Waals surface area contributed by atoms with E-state index < -0.39 is 11.7 Å². The Morgan fingerprint density at radius 2 is 2.15 bits per heavy atom. The summed E-state index contributed by atoms with van der Waals surface area (Å²) in [4.78, 5) is 12.0. The van der Waals surface area contributed by atoms with Gasteiger partial charge in [0.1, 0.15) is 5.82 Å². The molecule has 0 bridgehead atoms. The molecule has 3 N–H and O–H groups in total. The number of benzene rings is 1. The predicted octanol–water partition coefficient (Wildman–Crippen LogP) is 1.69. The lowest BCUT2D eigenvalue weighted by atomic mass is 10.1. The van der Waals surface area contributed by atoms with Gasteiger partial charge in [0, 0.05) is 30.5 Å². The zero-order valence-electron chi connectivity index (χ0n) is 11.7. The summed E-state index contributed by atoms with van der Waals surface area (Å²) in [5.41, 5.74) is 8.17. The Bertz CT molecular complexity index is 663. The SMILES string of the molecule is Cc1cc(N)cc(C(=O)NCc2cnn(C)c2C)c1F. The molecule has 0 saturated heterocycles. The number of carbonyl (C=O) groups excluding carboxylic acids is 1. The van der Waals surface area contributed by atoms with Crippen molar-refractivity contribution in [2.75, 3.05) is 5.73 Å². The number of aryl methyl sites for hydroxylation is 2. The second-order valence-electron chi connectivity index (χ2n) is 4.76. The molecule has 20 heavy (non-hydrogen) atoms. The minimum absolute atomic E-state index is 0.0379. The maximum Gasteiger partial charge on any atom is 0.254 e. The summed E-state index contributed by atoms with van der Waals surface area (Å²) >= 11 is 0. The van der Waals surface area contributed by atoms with Gasteiger partial charge in [-0.05, 0) is 31.5 Å². The predicted molar refractivity (Wildman–Crippen MR) is 74.7 cm³/mol. The molecule has 0 fully saturated rings. The highest BCUT2D eigenvalue weighted by molar-refractivity contribution is 5.95. The number of nitrogen functional groups attached to an aromatic ring is 1. The Balaban J connectivity index is 2.15.